The topological polar surface area (TPSA) is 67.2 Å². The van der Waals surface area contributed by atoms with Crippen molar-refractivity contribution in [3.63, 3.8) is 0 Å². The van der Waals surface area contributed by atoms with E-state index in [-0.39, 0.29) is 18.0 Å². The van der Waals surface area contributed by atoms with Gasteiger partial charge in [-0.25, -0.2) is 4.68 Å². The molecule has 0 bridgehead atoms. The van der Waals surface area contributed by atoms with Crippen LogP contribution in [0.2, 0.25) is 0 Å². The van der Waals surface area contributed by atoms with E-state index in [1.807, 2.05) is 50.2 Å². The Morgan fingerprint density at radius 1 is 1.04 bits per heavy atom. The molecule has 1 fully saturated rings. The van der Waals surface area contributed by atoms with Crippen molar-refractivity contribution in [2.75, 3.05) is 23.3 Å². The number of fused-ring (bicyclic) bond motifs is 1. The number of hydrogen-bond donors (Lipinski definition) is 1. The van der Waals surface area contributed by atoms with E-state index in [0.29, 0.717) is 5.39 Å². The third-order valence-electron chi connectivity index (χ3n) is 5.05. The second-order valence-corrected chi connectivity index (χ2v) is 7.45. The first-order valence-corrected chi connectivity index (χ1v) is 9.64. The highest BCUT2D eigenvalue weighted by atomic mass is 16.2. The lowest BCUT2D eigenvalue weighted by atomic mass is 10.1. The summed E-state index contributed by atoms with van der Waals surface area (Å²) in [5, 5.41) is 8.90. The average Bonchev–Trinajstić information content (AvgIpc) is 3.17. The maximum absolute atomic E-state index is 12.9. The van der Waals surface area contributed by atoms with Gasteiger partial charge in [0.25, 0.3) is 5.56 Å². The van der Waals surface area contributed by atoms with E-state index in [1.54, 1.807) is 6.07 Å². The number of aryl methyl sites for hydroxylation is 2. The molecule has 1 aliphatic heterocycles. The van der Waals surface area contributed by atoms with Gasteiger partial charge in [0.1, 0.15) is 6.54 Å². The summed E-state index contributed by atoms with van der Waals surface area (Å²) in [7, 11) is 0. The van der Waals surface area contributed by atoms with Gasteiger partial charge in [0.05, 0.1) is 5.39 Å². The Morgan fingerprint density at radius 2 is 1.68 bits per heavy atom. The zero-order chi connectivity index (χ0) is 19.7. The largest absolute Gasteiger partial charge is 0.355 e. The molecule has 0 spiro atoms. The number of nitrogens with one attached hydrogen (secondary N) is 1. The molecule has 1 amide bonds. The number of amides is 1. The van der Waals surface area contributed by atoms with Gasteiger partial charge >= 0.3 is 0 Å². The Bertz CT molecular complexity index is 1080. The lowest BCUT2D eigenvalue weighted by molar-refractivity contribution is -0.117. The molecule has 0 radical (unpaired) electrons. The molecule has 0 atom stereocenters. The van der Waals surface area contributed by atoms with Gasteiger partial charge in [-0.05, 0) is 56.0 Å². The maximum Gasteiger partial charge on any atom is 0.275 e. The molecule has 3 aromatic rings. The Morgan fingerprint density at radius 3 is 2.36 bits per heavy atom. The molecule has 6 heteroatoms. The van der Waals surface area contributed by atoms with E-state index in [2.05, 4.69) is 15.3 Å². The second-order valence-electron chi connectivity index (χ2n) is 7.45. The fourth-order valence-electron chi connectivity index (χ4n) is 3.87. The fraction of sp³-hybridized carbons (Fsp3) is 0.318. The minimum Gasteiger partial charge on any atom is -0.355 e. The number of aromatic nitrogens is 2. The third kappa shape index (κ3) is 3.63. The Labute approximate surface area is 163 Å². The van der Waals surface area contributed by atoms with Crippen LogP contribution in [-0.4, -0.2) is 28.8 Å². The summed E-state index contributed by atoms with van der Waals surface area (Å²) >= 11 is 0. The second kappa shape index (κ2) is 7.46. The lowest BCUT2D eigenvalue weighted by Gasteiger charge is -2.19. The van der Waals surface area contributed by atoms with E-state index in [0.717, 1.165) is 53.9 Å². The van der Waals surface area contributed by atoms with Crippen molar-refractivity contribution in [1.29, 1.82) is 0 Å². The molecule has 1 aliphatic rings. The van der Waals surface area contributed by atoms with Crippen LogP contribution in [0.5, 0.6) is 0 Å². The summed E-state index contributed by atoms with van der Waals surface area (Å²) < 4.78 is 1.29. The molecular weight excluding hydrogens is 352 g/mol. The summed E-state index contributed by atoms with van der Waals surface area (Å²) in [4.78, 5) is 27.7. The van der Waals surface area contributed by atoms with Crippen molar-refractivity contribution in [2.24, 2.45) is 0 Å². The molecule has 0 aliphatic carbocycles. The van der Waals surface area contributed by atoms with Gasteiger partial charge < -0.3 is 10.2 Å². The van der Waals surface area contributed by atoms with Crippen molar-refractivity contribution >= 4 is 28.2 Å². The van der Waals surface area contributed by atoms with Crippen LogP contribution in [0, 0.1) is 13.8 Å². The summed E-state index contributed by atoms with van der Waals surface area (Å²) in [6.07, 6.45) is 2.23. The van der Waals surface area contributed by atoms with E-state index in [1.165, 1.54) is 4.68 Å². The Kier molecular flexibility index (Phi) is 4.86. The number of benzene rings is 2. The van der Waals surface area contributed by atoms with Crippen molar-refractivity contribution in [2.45, 2.75) is 33.2 Å². The summed E-state index contributed by atoms with van der Waals surface area (Å²) in [6, 6.07) is 13.4. The van der Waals surface area contributed by atoms with Gasteiger partial charge in [-0.3, -0.25) is 9.59 Å². The minimum atomic E-state index is -0.262. The summed E-state index contributed by atoms with van der Waals surface area (Å²) in [6.45, 7) is 5.70. The van der Waals surface area contributed by atoms with E-state index < -0.39 is 0 Å². The van der Waals surface area contributed by atoms with Crippen molar-refractivity contribution < 1.29 is 4.79 Å². The van der Waals surface area contributed by atoms with Crippen LogP contribution in [0.15, 0.2) is 47.3 Å². The first kappa shape index (κ1) is 18.2. The Hall–Kier alpha value is -3.15. The first-order chi connectivity index (χ1) is 13.5. The number of carbonyl (C=O) groups is 1. The van der Waals surface area contributed by atoms with Gasteiger partial charge in [-0.15, -0.1) is 0 Å². The van der Waals surface area contributed by atoms with Crippen LogP contribution in [-0.2, 0) is 11.3 Å². The average molecular weight is 376 g/mol. The molecule has 0 saturated carbocycles. The van der Waals surface area contributed by atoms with Crippen molar-refractivity contribution in [3.8, 4) is 0 Å². The third-order valence-corrected chi connectivity index (χ3v) is 5.05. The SMILES string of the molecule is Cc1cc(C)cc(NC(=O)Cn2nc(N3CCCC3)c3ccccc3c2=O)c1. The molecule has 1 saturated heterocycles. The Balaban J connectivity index is 1.67. The summed E-state index contributed by atoms with van der Waals surface area (Å²) in [5.41, 5.74) is 2.64. The fourth-order valence-corrected chi connectivity index (χ4v) is 3.87. The van der Waals surface area contributed by atoms with Crippen LogP contribution >= 0.6 is 0 Å². The lowest BCUT2D eigenvalue weighted by Crippen LogP contribution is -2.32. The van der Waals surface area contributed by atoms with Gasteiger partial charge in [0, 0.05) is 24.2 Å². The molecule has 2 heterocycles. The van der Waals surface area contributed by atoms with Crippen LogP contribution in [0.3, 0.4) is 0 Å². The summed E-state index contributed by atoms with van der Waals surface area (Å²) in [5.74, 6) is 0.522. The highest BCUT2D eigenvalue weighted by Gasteiger charge is 2.20. The minimum absolute atomic E-state index is 0.114. The standard InChI is InChI=1S/C22H24N4O2/c1-15-11-16(2)13-17(12-15)23-20(27)14-26-22(28)19-8-4-3-7-18(19)21(24-26)25-9-5-6-10-25/h3-4,7-8,11-13H,5-6,9-10,14H2,1-2H3,(H,23,27). The molecule has 1 aromatic heterocycles. The molecular formula is C22H24N4O2. The molecule has 144 valence electrons. The van der Waals surface area contributed by atoms with E-state index in [4.69, 9.17) is 0 Å². The number of nitrogens with zero attached hydrogens (tertiary/aromatic N) is 3. The number of rotatable bonds is 4. The highest BCUT2D eigenvalue weighted by Crippen LogP contribution is 2.25. The predicted octanol–water partition coefficient (Wildman–Crippen LogP) is 3.25. The molecule has 0 unspecified atom stereocenters. The van der Waals surface area contributed by atoms with Gasteiger partial charge in [-0.1, -0.05) is 24.3 Å². The molecule has 28 heavy (non-hydrogen) atoms. The van der Waals surface area contributed by atoms with Gasteiger partial charge in [0.2, 0.25) is 5.91 Å². The molecule has 2 aromatic carbocycles. The first-order valence-electron chi connectivity index (χ1n) is 9.64. The van der Waals surface area contributed by atoms with Crippen LogP contribution in [0.4, 0.5) is 11.5 Å². The van der Waals surface area contributed by atoms with E-state index >= 15 is 0 Å². The van der Waals surface area contributed by atoms with Gasteiger partial charge in [-0.2, -0.15) is 5.10 Å². The molecule has 1 N–H and O–H groups in total. The van der Waals surface area contributed by atoms with Crippen molar-refractivity contribution in [3.05, 3.63) is 63.9 Å². The maximum atomic E-state index is 12.9. The zero-order valence-electron chi connectivity index (χ0n) is 16.2. The predicted molar refractivity (Wildman–Crippen MR) is 112 cm³/mol. The van der Waals surface area contributed by atoms with Crippen LogP contribution in [0.25, 0.3) is 10.8 Å². The smallest absolute Gasteiger partial charge is 0.275 e. The van der Waals surface area contributed by atoms with Gasteiger partial charge in [0.15, 0.2) is 5.82 Å². The number of anilines is 2. The monoisotopic (exact) mass is 376 g/mol. The van der Waals surface area contributed by atoms with Crippen LogP contribution in [0.1, 0.15) is 24.0 Å². The van der Waals surface area contributed by atoms with Crippen LogP contribution < -0.4 is 15.8 Å². The normalized spacial score (nSPS) is 13.9. The quantitative estimate of drug-likeness (QED) is 0.759. The van der Waals surface area contributed by atoms with Crippen molar-refractivity contribution in [1.82, 2.24) is 9.78 Å². The number of carbonyl (C=O) groups excluding carboxylic acids is 1. The highest BCUT2D eigenvalue weighted by molar-refractivity contribution is 5.93. The van der Waals surface area contributed by atoms with E-state index in [9.17, 15) is 9.59 Å². The zero-order valence-corrected chi connectivity index (χ0v) is 16.2. The molecule has 6 nitrogen and oxygen atoms in total. The number of hydrogen-bond acceptors (Lipinski definition) is 4. The molecule has 4 rings (SSSR count).